The third kappa shape index (κ3) is 4.41. The van der Waals surface area contributed by atoms with Crippen molar-refractivity contribution in [3.8, 4) is 33.5 Å². The molecule has 0 aliphatic carbocycles. The van der Waals surface area contributed by atoms with Gasteiger partial charge >= 0.3 is 0 Å². The molecule has 0 amide bonds. The van der Waals surface area contributed by atoms with Gasteiger partial charge in [0.2, 0.25) is 0 Å². The highest BCUT2D eigenvalue weighted by atomic mass is 14.8. The van der Waals surface area contributed by atoms with E-state index in [9.17, 15) is 0 Å². The molecule has 0 radical (unpaired) electrons. The van der Waals surface area contributed by atoms with Crippen molar-refractivity contribution in [3.05, 3.63) is 159 Å². The SMILES string of the molecule is c1ccc2c(c1)c(-c1nc3c(ccc4cnccc43)c(-c3ccnc4c3ccc3cnccc34)c1-c1cc3cnccc3c3ncccc13)cc1cncnc12. The van der Waals surface area contributed by atoms with Gasteiger partial charge in [-0.15, -0.1) is 0 Å². The third-order valence-corrected chi connectivity index (χ3v) is 11.1. The van der Waals surface area contributed by atoms with Crippen molar-refractivity contribution in [2.24, 2.45) is 0 Å². The Morgan fingerprint density at radius 3 is 1.75 bits per heavy atom. The van der Waals surface area contributed by atoms with Crippen molar-refractivity contribution in [2.45, 2.75) is 0 Å². The zero-order valence-corrected chi connectivity index (χ0v) is 29.6. The molecular weight excluding hydrogens is 689 g/mol. The van der Waals surface area contributed by atoms with E-state index in [-0.39, 0.29) is 0 Å². The van der Waals surface area contributed by atoms with Crippen molar-refractivity contribution in [2.75, 3.05) is 0 Å². The molecule has 8 heteroatoms. The van der Waals surface area contributed by atoms with Crippen LogP contribution < -0.4 is 0 Å². The number of hydrogen-bond donors (Lipinski definition) is 0. The topological polar surface area (TPSA) is 103 Å². The first-order valence-corrected chi connectivity index (χ1v) is 18.4. The van der Waals surface area contributed by atoms with E-state index in [1.807, 2.05) is 74.0 Å². The van der Waals surface area contributed by atoms with Gasteiger partial charge in [-0.25, -0.2) is 15.0 Å². The molecule has 0 N–H and O–H groups in total. The highest BCUT2D eigenvalue weighted by molar-refractivity contribution is 6.24. The summed E-state index contributed by atoms with van der Waals surface area (Å²) >= 11 is 0. The van der Waals surface area contributed by atoms with Crippen LogP contribution in [0.5, 0.6) is 0 Å². The normalized spacial score (nSPS) is 11.9. The summed E-state index contributed by atoms with van der Waals surface area (Å²) in [6, 6.07) is 34.0. The fourth-order valence-corrected chi connectivity index (χ4v) is 8.67. The molecular formula is C48H26N8. The monoisotopic (exact) mass is 714 g/mol. The van der Waals surface area contributed by atoms with Crippen LogP contribution in [0.4, 0.5) is 0 Å². The first-order chi connectivity index (χ1) is 27.8. The lowest BCUT2D eigenvalue weighted by atomic mass is 9.83. The molecule has 0 fully saturated rings. The van der Waals surface area contributed by atoms with Crippen LogP contribution in [0.1, 0.15) is 0 Å². The minimum absolute atomic E-state index is 0.835. The van der Waals surface area contributed by atoms with Gasteiger partial charge in [-0.1, -0.05) is 54.6 Å². The van der Waals surface area contributed by atoms with E-state index in [1.54, 1.807) is 6.33 Å². The summed E-state index contributed by atoms with van der Waals surface area (Å²) in [4.78, 5) is 38.4. The van der Waals surface area contributed by atoms with Crippen LogP contribution in [0.3, 0.4) is 0 Å². The molecule has 258 valence electrons. The van der Waals surface area contributed by atoms with E-state index < -0.39 is 0 Å². The van der Waals surface area contributed by atoms with Gasteiger partial charge in [-0.3, -0.25) is 24.9 Å². The molecule has 12 aromatic rings. The average molecular weight is 715 g/mol. The van der Waals surface area contributed by atoms with Gasteiger partial charge in [0, 0.05) is 132 Å². The molecule has 0 aliphatic heterocycles. The number of rotatable bonds is 3. The fraction of sp³-hybridized carbons (Fsp3) is 0. The molecule has 0 spiro atoms. The smallest absolute Gasteiger partial charge is 0.116 e. The number of fused-ring (bicyclic) bond motifs is 12. The molecule has 56 heavy (non-hydrogen) atoms. The van der Waals surface area contributed by atoms with Gasteiger partial charge in [-0.05, 0) is 59.0 Å². The van der Waals surface area contributed by atoms with Crippen molar-refractivity contribution >= 4 is 86.7 Å². The summed E-state index contributed by atoms with van der Waals surface area (Å²) in [6.45, 7) is 0. The van der Waals surface area contributed by atoms with Crippen LogP contribution in [-0.2, 0) is 0 Å². The molecule has 5 aromatic carbocycles. The lowest BCUT2D eigenvalue weighted by Crippen LogP contribution is -2.00. The number of benzene rings is 5. The summed E-state index contributed by atoms with van der Waals surface area (Å²) in [6.07, 6.45) is 18.5. The fourth-order valence-electron chi connectivity index (χ4n) is 8.67. The van der Waals surface area contributed by atoms with Crippen LogP contribution in [-0.4, -0.2) is 39.9 Å². The summed E-state index contributed by atoms with van der Waals surface area (Å²) in [5.74, 6) is 0. The van der Waals surface area contributed by atoms with Crippen LogP contribution in [0.2, 0.25) is 0 Å². The standard InChI is InChI=1S/C48H26N8/c1-2-5-36-34(4-1)41(21-30-25-52-26-55-44(30)36)48-43(40-20-29-24-51-18-13-33(29)46-37(40)6-3-15-53-46)42(39-10-8-28-23-50-17-12-32(28)47(39)56-48)35-14-19-54-45-31-11-16-49-22-27(31)7-9-38(35)45/h1-26H. The number of pyridine rings is 6. The lowest BCUT2D eigenvalue weighted by molar-refractivity contribution is 1.23. The van der Waals surface area contributed by atoms with Crippen molar-refractivity contribution in [3.63, 3.8) is 0 Å². The van der Waals surface area contributed by atoms with Crippen molar-refractivity contribution in [1.82, 2.24) is 39.9 Å². The Morgan fingerprint density at radius 2 is 0.946 bits per heavy atom. The molecule has 7 heterocycles. The number of hydrogen-bond acceptors (Lipinski definition) is 8. The Morgan fingerprint density at radius 1 is 0.321 bits per heavy atom. The molecule has 0 bridgehead atoms. The molecule has 7 aromatic heterocycles. The summed E-state index contributed by atoms with van der Waals surface area (Å²) < 4.78 is 0. The minimum Gasteiger partial charge on any atom is -0.264 e. The van der Waals surface area contributed by atoms with Gasteiger partial charge in [0.15, 0.2) is 0 Å². The second kappa shape index (κ2) is 11.8. The van der Waals surface area contributed by atoms with E-state index in [1.165, 1.54) is 0 Å². The van der Waals surface area contributed by atoms with Gasteiger partial charge in [0.05, 0.1) is 27.8 Å². The van der Waals surface area contributed by atoms with Gasteiger partial charge < -0.3 is 0 Å². The lowest BCUT2D eigenvalue weighted by Gasteiger charge is -2.22. The Kier molecular flexibility index (Phi) is 6.47. The van der Waals surface area contributed by atoms with E-state index in [4.69, 9.17) is 19.9 Å². The number of nitrogens with zero attached hydrogens (tertiary/aromatic N) is 8. The van der Waals surface area contributed by atoms with Gasteiger partial charge in [-0.2, -0.15) is 0 Å². The van der Waals surface area contributed by atoms with E-state index in [2.05, 4.69) is 98.8 Å². The Labute approximate surface area is 318 Å². The second-order valence-corrected chi connectivity index (χ2v) is 14.0. The highest BCUT2D eigenvalue weighted by Crippen LogP contribution is 2.50. The first kappa shape index (κ1) is 30.6. The van der Waals surface area contributed by atoms with Crippen LogP contribution in [0.15, 0.2) is 159 Å². The largest absolute Gasteiger partial charge is 0.264 e. The Bertz CT molecular complexity index is 3620. The van der Waals surface area contributed by atoms with E-state index in [0.717, 1.165) is 120 Å². The highest BCUT2D eigenvalue weighted by Gasteiger charge is 2.26. The maximum absolute atomic E-state index is 5.78. The van der Waals surface area contributed by atoms with Crippen molar-refractivity contribution in [1.29, 1.82) is 0 Å². The molecule has 0 saturated heterocycles. The zero-order valence-electron chi connectivity index (χ0n) is 29.6. The maximum Gasteiger partial charge on any atom is 0.116 e. The second-order valence-electron chi connectivity index (χ2n) is 14.0. The summed E-state index contributed by atoms with van der Waals surface area (Å²) in [5.41, 5.74) is 9.48. The Balaban J connectivity index is 1.37. The molecule has 8 nitrogen and oxygen atoms in total. The first-order valence-electron chi connectivity index (χ1n) is 18.4. The van der Waals surface area contributed by atoms with Crippen LogP contribution in [0.25, 0.3) is 120 Å². The molecule has 0 saturated carbocycles. The predicted octanol–water partition coefficient (Wildman–Crippen LogP) is 11.1. The Hall–Kier alpha value is -7.84. The number of aromatic nitrogens is 8. The molecule has 0 unspecified atom stereocenters. The van der Waals surface area contributed by atoms with Gasteiger partial charge in [0.25, 0.3) is 0 Å². The van der Waals surface area contributed by atoms with E-state index >= 15 is 0 Å². The quantitative estimate of drug-likeness (QED) is 0.167. The van der Waals surface area contributed by atoms with Crippen LogP contribution >= 0.6 is 0 Å². The average Bonchev–Trinajstić information content (AvgIpc) is 3.27. The van der Waals surface area contributed by atoms with Gasteiger partial charge in [0.1, 0.15) is 6.33 Å². The third-order valence-electron chi connectivity index (χ3n) is 11.1. The summed E-state index contributed by atoms with van der Waals surface area (Å²) in [5, 5.41) is 12.2. The zero-order chi connectivity index (χ0) is 36.7. The molecule has 12 rings (SSSR count). The summed E-state index contributed by atoms with van der Waals surface area (Å²) in [7, 11) is 0. The van der Waals surface area contributed by atoms with Crippen molar-refractivity contribution < 1.29 is 0 Å². The molecule has 0 aliphatic rings. The minimum atomic E-state index is 0.835. The van der Waals surface area contributed by atoms with Crippen LogP contribution in [0, 0.1) is 0 Å². The maximum atomic E-state index is 5.78. The predicted molar refractivity (Wildman–Crippen MR) is 225 cm³/mol. The molecule has 0 atom stereocenters. The van der Waals surface area contributed by atoms with E-state index in [0.29, 0.717) is 0 Å².